The number of aliphatic hydroxyl groups excluding tert-OH is 1. The minimum Gasteiger partial charge on any atom is -0.458 e. The van der Waals surface area contributed by atoms with Crippen molar-refractivity contribution in [1.29, 1.82) is 0 Å². The number of aliphatic hydroxyl groups is 1. The lowest BCUT2D eigenvalue weighted by Crippen LogP contribution is -1.98. The van der Waals surface area contributed by atoms with Crippen LogP contribution in [0, 0.1) is 5.82 Å². The van der Waals surface area contributed by atoms with Crippen molar-refractivity contribution >= 4 is 22.6 Å². The number of aromatic nitrogens is 1. The van der Waals surface area contributed by atoms with Gasteiger partial charge in [-0.3, -0.25) is 0 Å². The van der Waals surface area contributed by atoms with E-state index in [2.05, 4.69) is 4.98 Å². The average Bonchev–Trinajstić information content (AvgIpc) is 2.80. The molecule has 0 fully saturated rings. The predicted octanol–water partition coefficient (Wildman–Crippen LogP) is 3.70. The molecule has 1 aromatic carbocycles. The number of hydrogen-bond donors (Lipinski definition) is 1. The van der Waals surface area contributed by atoms with Crippen LogP contribution in [-0.2, 0) is 0 Å². The van der Waals surface area contributed by atoms with Crippen molar-refractivity contribution in [2.45, 2.75) is 6.10 Å². The summed E-state index contributed by atoms with van der Waals surface area (Å²) in [6, 6.07) is 9.00. The first-order valence-corrected chi connectivity index (χ1v) is 6.00. The second-order valence-corrected chi connectivity index (χ2v) is 4.53. The van der Waals surface area contributed by atoms with Crippen LogP contribution in [0.15, 0.2) is 47.0 Å². The average molecular weight is 278 g/mol. The number of furan rings is 1. The minimum absolute atomic E-state index is 0.290. The van der Waals surface area contributed by atoms with E-state index in [1.165, 1.54) is 24.4 Å². The Morgan fingerprint density at radius 1 is 1.21 bits per heavy atom. The number of benzene rings is 1. The molecule has 1 atom stereocenters. The first-order chi connectivity index (χ1) is 9.13. The van der Waals surface area contributed by atoms with Gasteiger partial charge in [0.15, 0.2) is 0 Å². The highest BCUT2D eigenvalue weighted by Crippen LogP contribution is 2.29. The van der Waals surface area contributed by atoms with E-state index in [0.717, 1.165) is 0 Å². The van der Waals surface area contributed by atoms with E-state index in [-0.39, 0.29) is 5.82 Å². The molecule has 19 heavy (non-hydrogen) atoms. The molecule has 0 aliphatic carbocycles. The number of pyridine rings is 1. The first kappa shape index (κ1) is 12.1. The summed E-state index contributed by atoms with van der Waals surface area (Å²) in [7, 11) is 0. The molecule has 0 bridgehead atoms. The van der Waals surface area contributed by atoms with Crippen molar-refractivity contribution in [3.8, 4) is 0 Å². The molecule has 0 saturated carbocycles. The van der Waals surface area contributed by atoms with Crippen molar-refractivity contribution < 1.29 is 13.9 Å². The van der Waals surface area contributed by atoms with Gasteiger partial charge in [0.1, 0.15) is 28.4 Å². The lowest BCUT2D eigenvalue weighted by atomic mass is 10.1. The maximum Gasteiger partial charge on any atom is 0.138 e. The number of fused-ring (bicyclic) bond motifs is 1. The van der Waals surface area contributed by atoms with E-state index < -0.39 is 6.10 Å². The van der Waals surface area contributed by atoms with Gasteiger partial charge in [0.2, 0.25) is 0 Å². The van der Waals surface area contributed by atoms with Crippen molar-refractivity contribution in [1.82, 2.24) is 4.98 Å². The Morgan fingerprint density at radius 3 is 2.84 bits per heavy atom. The zero-order chi connectivity index (χ0) is 13.4. The first-order valence-electron chi connectivity index (χ1n) is 5.62. The molecule has 1 unspecified atom stereocenters. The summed E-state index contributed by atoms with van der Waals surface area (Å²) in [4.78, 5) is 3.84. The highest BCUT2D eigenvalue weighted by Gasteiger charge is 2.16. The molecule has 0 radical (unpaired) electrons. The van der Waals surface area contributed by atoms with Crippen LogP contribution in [-0.4, -0.2) is 10.1 Å². The highest BCUT2D eigenvalue weighted by atomic mass is 35.5. The Bertz CT molecular complexity index is 741. The molecule has 3 rings (SSSR count). The minimum atomic E-state index is -0.962. The Kier molecular flexibility index (Phi) is 2.97. The highest BCUT2D eigenvalue weighted by molar-refractivity contribution is 6.29. The molecule has 3 aromatic rings. The Balaban J connectivity index is 2.04. The largest absolute Gasteiger partial charge is 0.458 e. The molecule has 2 heterocycles. The van der Waals surface area contributed by atoms with Crippen LogP contribution in [0.2, 0.25) is 5.15 Å². The monoisotopic (exact) mass is 277 g/mol. The summed E-state index contributed by atoms with van der Waals surface area (Å²) in [5.41, 5.74) is 1.09. The molecule has 0 amide bonds. The fraction of sp³-hybridized carbons (Fsp3) is 0.0714. The van der Waals surface area contributed by atoms with E-state index in [0.29, 0.717) is 27.4 Å². The van der Waals surface area contributed by atoms with Crippen LogP contribution in [0.4, 0.5) is 4.39 Å². The van der Waals surface area contributed by atoms with Gasteiger partial charge in [-0.15, -0.1) is 0 Å². The van der Waals surface area contributed by atoms with Crippen molar-refractivity contribution in [3.63, 3.8) is 0 Å². The molecule has 0 spiro atoms. The fourth-order valence-electron chi connectivity index (χ4n) is 1.92. The standard InChI is InChI=1S/C14H9ClFNO2/c15-13-7-8(3-4-17-13)14(18)12-6-9-5-10(16)1-2-11(9)19-12/h1-7,14,18H. The van der Waals surface area contributed by atoms with Gasteiger partial charge in [-0.25, -0.2) is 9.37 Å². The van der Waals surface area contributed by atoms with Gasteiger partial charge >= 0.3 is 0 Å². The van der Waals surface area contributed by atoms with Crippen LogP contribution >= 0.6 is 11.6 Å². The summed E-state index contributed by atoms with van der Waals surface area (Å²) in [6.07, 6.45) is 0.541. The summed E-state index contributed by atoms with van der Waals surface area (Å²) >= 11 is 5.77. The molecule has 0 saturated heterocycles. The van der Waals surface area contributed by atoms with Crippen molar-refractivity contribution in [2.75, 3.05) is 0 Å². The summed E-state index contributed by atoms with van der Waals surface area (Å²) < 4.78 is 18.6. The van der Waals surface area contributed by atoms with Crippen LogP contribution in [0.3, 0.4) is 0 Å². The number of hydrogen-bond acceptors (Lipinski definition) is 3. The van der Waals surface area contributed by atoms with Crippen molar-refractivity contribution in [2.24, 2.45) is 0 Å². The maximum absolute atomic E-state index is 13.1. The Morgan fingerprint density at radius 2 is 2.05 bits per heavy atom. The van der Waals surface area contributed by atoms with Gasteiger partial charge in [-0.2, -0.15) is 0 Å². The van der Waals surface area contributed by atoms with Gasteiger partial charge in [-0.05, 0) is 42.0 Å². The smallest absolute Gasteiger partial charge is 0.138 e. The third-order valence-corrected chi connectivity index (χ3v) is 3.04. The summed E-state index contributed by atoms with van der Waals surface area (Å²) in [5.74, 6) is -0.0100. The zero-order valence-electron chi connectivity index (χ0n) is 9.68. The van der Waals surface area contributed by atoms with E-state index in [4.69, 9.17) is 16.0 Å². The van der Waals surface area contributed by atoms with Crippen LogP contribution in [0.25, 0.3) is 11.0 Å². The molecule has 96 valence electrons. The quantitative estimate of drug-likeness (QED) is 0.727. The van der Waals surface area contributed by atoms with E-state index in [9.17, 15) is 9.50 Å². The molecule has 2 aromatic heterocycles. The molecule has 3 nitrogen and oxygen atoms in total. The number of nitrogens with zero attached hydrogens (tertiary/aromatic N) is 1. The van der Waals surface area contributed by atoms with Gasteiger partial charge in [0.25, 0.3) is 0 Å². The summed E-state index contributed by atoms with van der Waals surface area (Å²) in [6.45, 7) is 0. The van der Waals surface area contributed by atoms with Crippen LogP contribution in [0.5, 0.6) is 0 Å². The number of rotatable bonds is 2. The van der Waals surface area contributed by atoms with Gasteiger partial charge in [0, 0.05) is 11.6 Å². The van der Waals surface area contributed by atoms with E-state index in [1.807, 2.05) is 0 Å². The normalized spacial score (nSPS) is 12.8. The zero-order valence-corrected chi connectivity index (χ0v) is 10.4. The second kappa shape index (κ2) is 4.64. The van der Waals surface area contributed by atoms with Crippen LogP contribution < -0.4 is 0 Å². The molecule has 1 N–H and O–H groups in total. The second-order valence-electron chi connectivity index (χ2n) is 4.15. The van der Waals surface area contributed by atoms with Crippen LogP contribution in [0.1, 0.15) is 17.4 Å². The Hall–Kier alpha value is -1.91. The van der Waals surface area contributed by atoms with Gasteiger partial charge in [0.05, 0.1) is 0 Å². The third-order valence-electron chi connectivity index (χ3n) is 2.83. The van der Waals surface area contributed by atoms with E-state index >= 15 is 0 Å². The predicted molar refractivity (Wildman–Crippen MR) is 69.5 cm³/mol. The Labute approximate surface area is 113 Å². The summed E-state index contributed by atoms with van der Waals surface area (Å²) in [5, 5.41) is 11.1. The lowest BCUT2D eigenvalue weighted by molar-refractivity contribution is 0.192. The van der Waals surface area contributed by atoms with E-state index in [1.54, 1.807) is 18.2 Å². The molecular formula is C14H9ClFNO2. The topological polar surface area (TPSA) is 46.3 Å². The molecule has 5 heteroatoms. The maximum atomic E-state index is 13.1. The molecule has 0 aliphatic rings. The molecule has 0 aliphatic heterocycles. The molecular weight excluding hydrogens is 269 g/mol. The fourth-order valence-corrected chi connectivity index (χ4v) is 2.10. The lowest BCUT2D eigenvalue weighted by Gasteiger charge is -2.07. The third kappa shape index (κ3) is 2.32. The van der Waals surface area contributed by atoms with Gasteiger partial charge in [-0.1, -0.05) is 11.6 Å². The van der Waals surface area contributed by atoms with Gasteiger partial charge < -0.3 is 9.52 Å². The van der Waals surface area contributed by atoms with Crippen molar-refractivity contribution in [3.05, 3.63) is 64.9 Å². The SMILES string of the molecule is OC(c1ccnc(Cl)c1)c1cc2cc(F)ccc2o1. The number of halogens is 2.